The molecule has 3 heterocycles. The van der Waals surface area contributed by atoms with E-state index in [4.69, 9.17) is 9.47 Å². The van der Waals surface area contributed by atoms with Crippen LogP contribution in [0.5, 0.6) is 11.5 Å². The SMILES string of the molecule is CI.COC(C)(C)COc1cnccc1-c1[nH]c2c(c1Cc1cccc(F)c1OC(F)F)C(=O)NCC2. The lowest BCUT2D eigenvalue weighted by Gasteiger charge is -2.23. The summed E-state index contributed by atoms with van der Waals surface area (Å²) >= 11 is 2.15. The Labute approximate surface area is 227 Å². The first-order valence-electron chi connectivity index (χ1n) is 11.4. The molecule has 37 heavy (non-hydrogen) atoms. The monoisotopic (exact) mass is 631 g/mol. The van der Waals surface area contributed by atoms with Crippen LogP contribution >= 0.6 is 22.6 Å². The number of carbonyl (C=O) groups is 1. The number of pyridine rings is 1. The van der Waals surface area contributed by atoms with Crippen LogP contribution in [0.2, 0.25) is 0 Å². The summed E-state index contributed by atoms with van der Waals surface area (Å²) in [6.07, 6.45) is 3.66. The molecule has 0 fully saturated rings. The number of carbonyl (C=O) groups excluding carboxylic acids is 1. The number of benzene rings is 1. The van der Waals surface area contributed by atoms with Gasteiger partial charge in [0.2, 0.25) is 0 Å². The van der Waals surface area contributed by atoms with Gasteiger partial charge in [0.15, 0.2) is 11.6 Å². The fraction of sp³-hybridized carbons (Fsp3) is 0.385. The summed E-state index contributed by atoms with van der Waals surface area (Å²) < 4.78 is 56.3. The number of aromatic amines is 1. The zero-order valence-corrected chi connectivity index (χ0v) is 23.1. The Bertz CT molecular complexity index is 1230. The molecule has 0 radical (unpaired) electrons. The van der Waals surface area contributed by atoms with Crippen LogP contribution in [0.3, 0.4) is 0 Å². The fourth-order valence-electron chi connectivity index (χ4n) is 3.97. The van der Waals surface area contributed by atoms with Crippen molar-refractivity contribution in [2.45, 2.75) is 38.9 Å². The van der Waals surface area contributed by atoms with Gasteiger partial charge in [0.25, 0.3) is 5.91 Å². The number of nitrogens with one attached hydrogen (secondary N) is 2. The zero-order chi connectivity index (χ0) is 27.2. The molecule has 0 unspecified atom stereocenters. The third-order valence-electron chi connectivity index (χ3n) is 5.87. The summed E-state index contributed by atoms with van der Waals surface area (Å²) in [5.74, 6) is -1.31. The number of halogens is 4. The van der Waals surface area contributed by atoms with Crippen molar-refractivity contribution in [3.05, 3.63) is 64.9 Å². The molecule has 2 N–H and O–H groups in total. The van der Waals surface area contributed by atoms with Crippen molar-refractivity contribution in [1.29, 1.82) is 0 Å². The van der Waals surface area contributed by atoms with E-state index >= 15 is 0 Å². The highest BCUT2D eigenvalue weighted by Crippen LogP contribution is 2.38. The van der Waals surface area contributed by atoms with Gasteiger partial charge in [-0.3, -0.25) is 9.78 Å². The molecule has 1 aromatic carbocycles. The first-order chi connectivity index (χ1) is 17.7. The van der Waals surface area contributed by atoms with Crippen molar-refractivity contribution in [2.75, 3.05) is 25.2 Å². The molecule has 4 rings (SSSR count). The van der Waals surface area contributed by atoms with Gasteiger partial charge in [-0.2, -0.15) is 8.78 Å². The molecule has 11 heteroatoms. The summed E-state index contributed by atoms with van der Waals surface area (Å²) in [5.41, 5.74) is 2.43. The third-order valence-corrected chi connectivity index (χ3v) is 5.87. The average Bonchev–Trinajstić information content (AvgIpc) is 3.25. The molecule has 200 valence electrons. The molecule has 7 nitrogen and oxygen atoms in total. The van der Waals surface area contributed by atoms with E-state index in [1.807, 2.05) is 18.8 Å². The van der Waals surface area contributed by atoms with Gasteiger partial charge in [0.1, 0.15) is 12.4 Å². The number of fused-ring (bicyclic) bond motifs is 1. The minimum absolute atomic E-state index is 0.0280. The maximum absolute atomic E-state index is 14.4. The summed E-state index contributed by atoms with van der Waals surface area (Å²) in [6.45, 7) is 1.24. The van der Waals surface area contributed by atoms with Crippen LogP contribution in [-0.4, -0.2) is 53.3 Å². The predicted molar refractivity (Wildman–Crippen MR) is 142 cm³/mol. The average molecular weight is 631 g/mol. The number of nitrogens with zero attached hydrogens (tertiary/aromatic N) is 1. The topological polar surface area (TPSA) is 85.5 Å². The molecule has 0 bridgehead atoms. The fourth-order valence-corrected chi connectivity index (χ4v) is 3.97. The number of ether oxygens (including phenoxy) is 3. The van der Waals surface area contributed by atoms with E-state index in [0.717, 1.165) is 6.07 Å². The molecule has 1 amide bonds. The van der Waals surface area contributed by atoms with Gasteiger partial charge in [-0.05, 0) is 36.5 Å². The Morgan fingerprint density at radius 1 is 1.22 bits per heavy atom. The highest BCUT2D eigenvalue weighted by Gasteiger charge is 2.29. The van der Waals surface area contributed by atoms with Crippen LogP contribution in [0.25, 0.3) is 11.3 Å². The highest BCUT2D eigenvalue weighted by atomic mass is 127. The maximum atomic E-state index is 14.4. The van der Waals surface area contributed by atoms with Gasteiger partial charge < -0.3 is 24.5 Å². The van der Waals surface area contributed by atoms with Gasteiger partial charge >= 0.3 is 6.61 Å². The second-order valence-corrected chi connectivity index (χ2v) is 8.75. The van der Waals surface area contributed by atoms with E-state index in [-0.39, 0.29) is 24.5 Å². The standard InChI is InChI=1S/C25H26F3N3O4.CH3I/c1-25(2,33-3)13-34-19-12-29-9-7-15(19)21-16(20-18(31-21)8-10-30-23(20)32)11-14-5-4-6-17(26)22(14)35-24(27)28;1-2/h4-7,9,12,24,31H,8,10-11,13H2,1-3H3,(H,30,32);1H3. The van der Waals surface area contributed by atoms with Crippen molar-refractivity contribution in [3.8, 4) is 22.8 Å². The minimum atomic E-state index is -3.20. The molecule has 3 aromatic rings. The molecule has 0 spiro atoms. The van der Waals surface area contributed by atoms with Crippen molar-refractivity contribution in [1.82, 2.24) is 15.3 Å². The van der Waals surface area contributed by atoms with Crippen LogP contribution in [0.1, 0.15) is 41.0 Å². The highest BCUT2D eigenvalue weighted by molar-refractivity contribution is 14.1. The zero-order valence-electron chi connectivity index (χ0n) is 21.0. The van der Waals surface area contributed by atoms with Gasteiger partial charge in [-0.25, -0.2) is 4.39 Å². The van der Waals surface area contributed by atoms with Gasteiger partial charge in [-0.1, -0.05) is 34.7 Å². The van der Waals surface area contributed by atoms with Crippen molar-refractivity contribution in [3.63, 3.8) is 0 Å². The number of alkyl halides is 3. The largest absolute Gasteiger partial charge is 0.488 e. The molecule has 1 aliphatic heterocycles. The Morgan fingerprint density at radius 3 is 2.68 bits per heavy atom. The Morgan fingerprint density at radius 2 is 1.97 bits per heavy atom. The predicted octanol–water partition coefficient (Wildman–Crippen LogP) is 5.55. The molecule has 2 aromatic heterocycles. The summed E-state index contributed by atoms with van der Waals surface area (Å²) in [4.78, 5) is 22.3. The van der Waals surface area contributed by atoms with E-state index in [0.29, 0.717) is 46.8 Å². The second-order valence-electron chi connectivity index (χ2n) is 8.75. The Kier molecular flexibility index (Phi) is 9.82. The van der Waals surface area contributed by atoms with E-state index in [9.17, 15) is 18.0 Å². The van der Waals surface area contributed by atoms with Crippen molar-refractivity contribution >= 4 is 28.5 Å². The number of rotatable bonds is 9. The van der Waals surface area contributed by atoms with Crippen LogP contribution in [0.15, 0.2) is 36.7 Å². The van der Waals surface area contributed by atoms with Crippen LogP contribution in [0, 0.1) is 5.82 Å². The van der Waals surface area contributed by atoms with Crippen LogP contribution in [-0.2, 0) is 17.6 Å². The van der Waals surface area contributed by atoms with E-state index < -0.39 is 23.8 Å². The lowest BCUT2D eigenvalue weighted by molar-refractivity contribution is -0.0527. The van der Waals surface area contributed by atoms with E-state index in [2.05, 4.69) is 42.6 Å². The third kappa shape index (κ3) is 6.75. The lowest BCUT2D eigenvalue weighted by Crippen LogP contribution is -2.32. The molecular formula is C26H29F3IN3O4. The molecule has 1 aliphatic rings. The number of methoxy groups -OCH3 is 1. The smallest absolute Gasteiger partial charge is 0.387 e. The summed E-state index contributed by atoms with van der Waals surface area (Å²) in [6, 6.07) is 5.69. The molecule has 0 atom stereocenters. The lowest BCUT2D eigenvalue weighted by atomic mass is 9.94. The maximum Gasteiger partial charge on any atom is 0.387 e. The number of aromatic nitrogens is 2. The molecule has 0 saturated carbocycles. The minimum Gasteiger partial charge on any atom is -0.488 e. The van der Waals surface area contributed by atoms with Gasteiger partial charge in [-0.15, -0.1) is 0 Å². The van der Waals surface area contributed by atoms with Crippen molar-refractivity contribution < 1.29 is 32.2 Å². The number of hydrogen-bond donors (Lipinski definition) is 2. The second kappa shape index (κ2) is 12.6. The molecular weight excluding hydrogens is 602 g/mol. The first-order valence-corrected chi connectivity index (χ1v) is 13.6. The van der Waals surface area contributed by atoms with Crippen LogP contribution in [0.4, 0.5) is 13.2 Å². The molecule has 0 saturated heterocycles. The summed E-state index contributed by atoms with van der Waals surface area (Å²) in [5, 5.41) is 2.81. The van der Waals surface area contributed by atoms with Gasteiger partial charge in [0, 0.05) is 49.5 Å². The quantitative estimate of drug-likeness (QED) is 0.239. The Hall–Kier alpha value is -2.80. The molecule has 0 aliphatic carbocycles. The van der Waals surface area contributed by atoms with E-state index in [1.165, 1.54) is 12.1 Å². The number of para-hydroxylation sites is 1. The normalized spacial score (nSPS) is 12.9. The van der Waals surface area contributed by atoms with Gasteiger partial charge in [0.05, 0.1) is 23.1 Å². The summed E-state index contributed by atoms with van der Waals surface area (Å²) in [7, 11) is 1.58. The first kappa shape index (κ1) is 28.8. The number of amides is 1. The van der Waals surface area contributed by atoms with Crippen molar-refractivity contribution in [2.24, 2.45) is 0 Å². The van der Waals surface area contributed by atoms with Crippen LogP contribution < -0.4 is 14.8 Å². The van der Waals surface area contributed by atoms with E-state index in [1.54, 1.807) is 25.6 Å². The number of hydrogen-bond acceptors (Lipinski definition) is 5. The Balaban J connectivity index is 0.00000186. The number of H-pyrrole nitrogens is 1.